The Morgan fingerprint density at radius 3 is 2.65 bits per heavy atom. The first-order valence-electron chi connectivity index (χ1n) is 7.78. The molecule has 1 aliphatic carbocycles. The van der Waals surface area contributed by atoms with Gasteiger partial charge in [0.2, 0.25) is 0 Å². The molecule has 4 bridgehead atoms. The standard InChI is InChI=1S/C19H21N/c1-3-20-15-10-8-14-9-11-19(20)17-7-5-4-6-16(17)13(2)18(14)12-15/h4-8,10,12-13,19H,3,9,11H2,1-2H3. The predicted molar refractivity (Wildman–Crippen MR) is 84.5 cm³/mol. The van der Waals surface area contributed by atoms with E-state index in [9.17, 15) is 0 Å². The van der Waals surface area contributed by atoms with Gasteiger partial charge in [0.15, 0.2) is 0 Å². The molecule has 1 heteroatoms. The van der Waals surface area contributed by atoms with Crippen LogP contribution in [0.3, 0.4) is 0 Å². The van der Waals surface area contributed by atoms with Gasteiger partial charge in [0.05, 0.1) is 6.04 Å². The Hall–Kier alpha value is -1.76. The molecule has 6 rings (SSSR count). The number of benzene rings is 2. The maximum absolute atomic E-state index is 2.58. The van der Waals surface area contributed by atoms with Crippen molar-refractivity contribution in [2.45, 2.75) is 38.6 Å². The lowest BCUT2D eigenvalue weighted by Crippen LogP contribution is -2.33. The lowest BCUT2D eigenvalue weighted by Gasteiger charge is -2.40. The molecule has 0 saturated carbocycles. The zero-order valence-electron chi connectivity index (χ0n) is 12.3. The maximum atomic E-state index is 2.58. The normalized spacial score (nSPS) is 23.2. The van der Waals surface area contributed by atoms with Crippen LogP contribution in [-0.4, -0.2) is 6.54 Å². The highest BCUT2D eigenvalue weighted by molar-refractivity contribution is 5.59. The Bertz CT molecular complexity index is 659. The fraction of sp³-hybridized carbons (Fsp3) is 0.368. The molecule has 0 aromatic heterocycles. The minimum Gasteiger partial charge on any atom is -0.365 e. The van der Waals surface area contributed by atoms with Gasteiger partial charge in [-0.1, -0.05) is 37.3 Å². The van der Waals surface area contributed by atoms with Gasteiger partial charge < -0.3 is 4.90 Å². The Morgan fingerprint density at radius 1 is 1.05 bits per heavy atom. The van der Waals surface area contributed by atoms with E-state index in [1.54, 1.807) is 11.1 Å². The third-order valence-electron chi connectivity index (χ3n) is 5.15. The van der Waals surface area contributed by atoms with Gasteiger partial charge in [-0.3, -0.25) is 0 Å². The Kier molecular flexibility index (Phi) is 2.63. The molecular formula is C19H21N. The van der Waals surface area contributed by atoms with Crippen LogP contribution in [-0.2, 0) is 6.42 Å². The van der Waals surface area contributed by atoms with Gasteiger partial charge in [0.1, 0.15) is 0 Å². The first-order valence-corrected chi connectivity index (χ1v) is 7.78. The minimum absolute atomic E-state index is 0.517. The van der Waals surface area contributed by atoms with Crippen LogP contribution in [0, 0.1) is 0 Å². The molecule has 0 N–H and O–H groups in total. The van der Waals surface area contributed by atoms with Gasteiger partial charge in [-0.05, 0) is 54.2 Å². The van der Waals surface area contributed by atoms with Crippen LogP contribution in [0.5, 0.6) is 0 Å². The fourth-order valence-corrected chi connectivity index (χ4v) is 4.12. The molecule has 4 aliphatic rings. The van der Waals surface area contributed by atoms with Crippen molar-refractivity contribution in [1.82, 2.24) is 0 Å². The number of fused-ring (bicyclic) bond motifs is 1. The van der Waals surface area contributed by atoms with Crippen molar-refractivity contribution in [2.75, 3.05) is 11.4 Å². The van der Waals surface area contributed by atoms with E-state index >= 15 is 0 Å². The maximum Gasteiger partial charge on any atom is 0.0548 e. The third kappa shape index (κ3) is 1.56. The summed E-state index contributed by atoms with van der Waals surface area (Å²) in [5, 5.41) is 0. The SMILES string of the molecule is CCN1c2ccc3c(c2)C(C)c2ccccc2C1CC3. The number of anilines is 1. The van der Waals surface area contributed by atoms with Crippen molar-refractivity contribution in [3.8, 4) is 0 Å². The second kappa shape index (κ2) is 4.37. The minimum atomic E-state index is 0.517. The van der Waals surface area contributed by atoms with E-state index in [0.29, 0.717) is 12.0 Å². The number of rotatable bonds is 1. The fourth-order valence-electron chi connectivity index (χ4n) is 4.12. The van der Waals surface area contributed by atoms with E-state index in [0.717, 1.165) is 6.54 Å². The molecule has 2 atom stereocenters. The van der Waals surface area contributed by atoms with E-state index in [4.69, 9.17) is 0 Å². The number of hydrogen-bond donors (Lipinski definition) is 0. The molecule has 20 heavy (non-hydrogen) atoms. The molecule has 0 radical (unpaired) electrons. The van der Waals surface area contributed by atoms with Crippen molar-refractivity contribution in [2.24, 2.45) is 0 Å². The number of nitrogens with zero attached hydrogens (tertiary/aromatic N) is 1. The van der Waals surface area contributed by atoms with Gasteiger partial charge in [-0.15, -0.1) is 0 Å². The molecule has 3 heterocycles. The first-order chi connectivity index (χ1) is 9.79. The predicted octanol–water partition coefficient (Wildman–Crippen LogP) is 4.67. The molecule has 0 saturated heterocycles. The Balaban J connectivity index is 2.05. The average Bonchev–Trinajstić information content (AvgIpc) is 2.46. The van der Waals surface area contributed by atoms with Crippen molar-refractivity contribution in [3.05, 3.63) is 64.7 Å². The number of aryl methyl sites for hydroxylation is 1. The summed E-state index contributed by atoms with van der Waals surface area (Å²) in [4.78, 5) is 2.58. The molecular weight excluding hydrogens is 242 g/mol. The zero-order chi connectivity index (χ0) is 13.7. The van der Waals surface area contributed by atoms with E-state index in [1.165, 1.54) is 29.7 Å². The summed E-state index contributed by atoms with van der Waals surface area (Å²) in [5.74, 6) is 0.517. The monoisotopic (exact) mass is 263 g/mol. The molecule has 0 fully saturated rings. The lowest BCUT2D eigenvalue weighted by molar-refractivity contribution is 0.558. The molecule has 3 aliphatic heterocycles. The quantitative estimate of drug-likeness (QED) is 0.723. The van der Waals surface area contributed by atoms with Crippen molar-refractivity contribution in [1.29, 1.82) is 0 Å². The highest BCUT2D eigenvalue weighted by atomic mass is 15.2. The summed E-state index contributed by atoms with van der Waals surface area (Å²) in [6.45, 7) is 5.72. The summed E-state index contributed by atoms with van der Waals surface area (Å²) >= 11 is 0. The largest absolute Gasteiger partial charge is 0.365 e. The van der Waals surface area contributed by atoms with Gasteiger partial charge in [-0.25, -0.2) is 0 Å². The van der Waals surface area contributed by atoms with Gasteiger partial charge in [0.25, 0.3) is 0 Å². The van der Waals surface area contributed by atoms with E-state index in [2.05, 4.69) is 61.2 Å². The first kappa shape index (κ1) is 12.0. The van der Waals surface area contributed by atoms with Crippen LogP contribution in [0.2, 0.25) is 0 Å². The van der Waals surface area contributed by atoms with Crippen LogP contribution < -0.4 is 4.90 Å². The molecule has 0 amide bonds. The third-order valence-corrected chi connectivity index (χ3v) is 5.15. The summed E-state index contributed by atoms with van der Waals surface area (Å²) in [6.07, 6.45) is 2.44. The molecule has 2 aromatic rings. The van der Waals surface area contributed by atoms with E-state index in [-0.39, 0.29) is 0 Å². The summed E-state index contributed by atoms with van der Waals surface area (Å²) in [6, 6.07) is 16.7. The smallest absolute Gasteiger partial charge is 0.0548 e. The van der Waals surface area contributed by atoms with Crippen molar-refractivity contribution >= 4 is 5.69 Å². The van der Waals surface area contributed by atoms with Crippen LogP contribution >= 0.6 is 0 Å². The van der Waals surface area contributed by atoms with Crippen LogP contribution in [0.1, 0.15) is 54.5 Å². The zero-order valence-corrected chi connectivity index (χ0v) is 12.3. The van der Waals surface area contributed by atoms with Gasteiger partial charge in [0, 0.05) is 18.2 Å². The van der Waals surface area contributed by atoms with E-state index in [1.807, 2.05) is 0 Å². The molecule has 1 nitrogen and oxygen atoms in total. The van der Waals surface area contributed by atoms with Crippen molar-refractivity contribution in [3.63, 3.8) is 0 Å². The summed E-state index contributed by atoms with van der Waals surface area (Å²) < 4.78 is 0. The van der Waals surface area contributed by atoms with Crippen LogP contribution in [0.25, 0.3) is 0 Å². The molecule has 102 valence electrons. The van der Waals surface area contributed by atoms with Crippen molar-refractivity contribution < 1.29 is 0 Å². The Labute approximate surface area is 121 Å². The molecule has 2 unspecified atom stereocenters. The Morgan fingerprint density at radius 2 is 1.85 bits per heavy atom. The highest BCUT2D eigenvalue weighted by Crippen LogP contribution is 2.44. The van der Waals surface area contributed by atoms with Gasteiger partial charge >= 0.3 is 0 Å². The lowest BCUT2D eigenvalue weighted by atomic mass is 9.77. The summed E-state index contributed by atoms with van der Waals surface area (Å²) in [7, 11) is 0. The van der Waals surface area contributed by atoms with E-state index < -0.39 is 0 Å². The number of hydrogen-bond acceptors (Lipinski definition) is 1. The van der Waals surface area contributed by atoms with Crippen LogP contribution in [0.15, 0.2) is 42.5 Å². The second-order valence-electron chi connectivity index (χ2n) is 6.07. The topological polar surface area (TPSA) is 3.24 Å². The molecule has 0 spiro atoms. The van der Waals surface area contributed by atoms with Crippen LogP contribution in [0.4, 0.5) is 5.69 Å². The second-order valence-corrected chi connectivity index (χ2v) is 6.07. The molecule has 2 aromatic carbocycles. The van der Waals surface area contributed by atoms with Gasteiger partial charge in [-0.2, -0.15) is 0 Å². The summed E-state index contributed by atoms with van der Waals surface area (Å²) in [5.41, 5.74) is 7.55. The highest BCUT2D eigenvalue weighted by Gasteiger charge is 2.31. The average molecular weight is 263 g/mol.